The minimum Gasteiger partial charge on any atom is -0.451 e. The zero-order valence-corrected chi connectivity index (χ0v) is 19.3. The number of benzene rings is 1. The van der Waals surface area contributed by atoms with E-state index in [1.165, 1.54) is 4.52 Å². The minimum absolute atomic E-state index is 0.153. The van der Waals surface area contributed by atoms with Crippen LogP contribution in [0.4, 0.5) is 0 Å². The van der Waals surface area contributed by atoms with Crippen molar-refractivity contribution in [2.75, 3.05) is 6.61 Å². The van der Waals surface area contributed by atoms with Crippen molar-refractivity contribution in [2.45, 2.75) is 27.7 Å². The number of rotatable bonds is 5. The molecule has 0 amide bonds. The van der Waals surface area contributed by atoms with Gasteiger partial charge in [0.15, 0.2) is 6.61 Å². The van der Waals surface area contributed by atoms with E-state index >= 15 is 0 Å². The first kappa shape index (κ1) is 22.0. The molecule has 0 spiro atoms. The Labute approximate surface area is 193 Å². The molecule has 0 N–H and O–H groups in total. The van der Waals surface area contributed by atoms with Gasteiger partial charge in [0.25, 0.3) is 11.6 Å². The van der Waals surface area contributed by atoms with E-state index in [4.69, 9.17) is 27.9 Å². The second-order valence-electron chi connectivity index (χ2n) is 7.40. The van der Waals surface area contributed by atoms with Crippen molar-refractivity contribution in [2.24, 2.45) is 0 Å². The lowest BCUT2D eigenvalue weighted by atomic mass is 10.1. The molecule has 4 aromatic rings. The molecule has 0 unspecified atom stereocenters. The first-order valence-electron chi connectivity index (χ1n) is 9.71. The minimum atomic E-state index is -0.792. The number of carbonyl (C=O) groups excluding carboxylic acids is 2. The van der Waals surface area contributed by atoms with Crippen LogP contribution >= 0.6 is 23.2 Å². The summed E-state index contributed by atoms with van der Waals surface area (Å²) in [5.74, 6) is -0.989. The number of fused-ring (bicyclic) bond motifs is 1. The maximum absolute atomic E-state index is 12.8. The van der Waals surface area contributed by atoms with Crippen LogP contribution in [-0.4, -0.2) is 42.5 Å². The molecule has 0 saturated heterocycles. The number of hydrogen-bond donors (Lipinski definition) is 0. The quantitative estimate of drug-likeness (QED) is 0.314. The summed E-state index contributed by atoms with van der Waals surface area (Å²) in [5, 5.41) is 4.99. The molecule has 0 aliphatic heterocycles. The van der Waals surface area contributed by atoms with E-state index in [1.54, 1.807) is 18.2 Å². The second kappa shape index (κ2) is 8.37. The normalized spacial score (nSPS) is 11.2. The monoisotopic (exact) mass is 471 g/mol. The van der Waals surface area contributed by atoms with Crippen LogP contribution < -0.4 is 0 Å². The maximum Gasteiger partial charge on any atom is 0.378 e. The molecule has 1 aromatic carbocycles. The fourth-order valence-corrected chi connectivity index (χ4v) is 3.89. The fraction of sp³-hybridized carbons (Fsp3) is 0.227. The molecular weight excluding hydrogens is 453 g/mol. The molecule has 4 rings (SSSR count). The van der Waals surface area contributed by atoms with Crippen molar-refractivity contribution in [3.8, 4) is 5.69 Å². The highest BCUT2D eigenvalue weighted by atomic mass is 35.5. The Balaban J connectivity index is 1.53. The lowest BCUT2D eigenvalue weighted by molar-refractivity contribution is 0.0462. The van der Waals surface area contributed by atoms with E-state index in [-0.39, 0.29) is 11.6 Å². The topological polar surface area (TPSA) is 91.4 Å². The number of hydrogen-bond acceptors (Lipinski definition) is 6. The first-order chi connectivity index (χ1) is 15.2. The van der Waals surface area contributed by atoms with Crippen LogP contribution in [0.15, 0.2) is 30.3 Å². The van der Waals surface area contributed by atoms with Gasteiger partial charge in [-0.2, -0.15) is 4.98 Å². The van der Waals surface area contributed by atoms with E-state index in [0.29, 0.717) is 27.1 Å². The van der Waals surface area contributed by atoms with Crippen LogP contribution in [-0.2, 0) is 4.74 Å². The lowest BCUT2D eigenvalue weighted by Gasteiger charge is -2.11. The summed E-state index contributed by atoms with van der Waals surface area (Å²) in [4.78, 5) is 33.6. The maximum atomic E-state index is 12.8. The number of halogens is 2. The van der Waals surface area contributed by atoms with E-state index < -0.39 is 12.6 Å². The van der Waals surface area contributed by atoms with Crippen LogP contribution in [0.3, 0.4) is 0 Å². The molecule has 3 heterocycles. The Morgan fingerprint density at radius 2 is 1.72 bits per heavy atom. The van der Waals surface area contributed by atoms with Crippen molar-refractivity contribution in [1.82, 2.24) is 24.1 Å². The Morgan fingerprint density at radius 1 is 0.969 bits per heavy atom. The van der Waals surface area contributed by atoms with Crippen LogP contribution in [0.5, 0.6) is 0 Å². The van der Waals surface area contributed by atoms with E-state index in [1.807, 2.05) is 44.4 Å². The molecule has 0 fully saturated rings. The van der Waals surface area contributed by atoms with E-state index in [9.17, 15) is 9.59 Å². The van der Waals surface area contributed by atoms with Gasteiger partial charge in [0.1, 0.15) is 0 Å². The van der Waals surface area contributed by atoms with Crippen LogP contribution in [0.25, 0.3) is 11.5 Å². The third kappa shape index (κ3) is 3.99. The zero-order valence-electron chi connectivity index (χ0n) is 17.8. The molecule has 0 aliphatic carbocycles. The predicted octanol–water partition coefficient (Wildman–Crippen LogP) is 4.50. The fourth-order valence-electron chi connectivity index (χ4n) is 3.59. The largest absolute Gasteiger partial charge is 0.451 e. The number of Topliss-reactive ketones (excluding diaryl/α,β-unsaturated/α-hetero) is 1. The first-order valence-corrected chi connectivity index (χ1v) is 10.5. The van der Waals surface area contributed by atoms with Gasteiger partial charge in [-0.15, -0.1) is 5.10 Å². The van der Waals surface area contributed by atoms with Gasteiger partial charge in [0, 0.05) is 34.0 Å². The third-order valence-corrected chi connectivity index (χ3v) is 5.77. The Morgan fingerprint density at radius 3 is 2.44 bits per heavy atom. The number of aromatic nitrogens is 5. The summed E-state index contributed by atoms with van der Waals surface area (Å²) in [7, 11) is 0. The highest BCUT2D eigenvalue weighted by molar-refractivity contribution is 6.42. The molecule has 0 saturated carbocycles. The molecule has 0 atom stereocenters. The molecular formula is C22H19Cl2N5O3. The van der Waals surface area contributed by atoms with Gasteiger partial charge in [-0.25, -0.2) is 14.3 Å². The van der Waals surface area contributed by atoms with Crippen LogP contribution in [0, 0.1) is 27.7 Å². The molecule has 0 aliphatic rings. The zero-order chi connectivity index (χ0) is 23.2. The van der Waals surface area contributed by atoms with E-state index in [2.05, 4.69) is 15.1 Å². The van der Waals surface area contributed by atoms with Gasteiger partial charge in [-0.1, -0.05) is 23.2 Å². The number of ether oxygens (including phenoxy) is 1. The average Bonchev–Trinajstić information content (AvgIpc) is 3.29. The standard InChI is InChI=1S/C22H19Cl2N5O3/c1-11-7-13(3)29-22(25-11)26-20(27-29)21(31)32-10-19(30)16-8-12(2)28(14(16)4)15-5-6-17(23)18(24)9-15/h5-9H,10H2,1-4H3. The number of carbonyl (C=O) groups is 2. The number of aryl methyl sites for hydroxylation is 3. The molecule has 3 aromatic heterocycles. The summed E-state index contributed by atoms with van der Waals surface area (Å²) in [6.07, 6.45) is 0. The Bertz CT molecular complexity index is 1390. The summed E-state index contributed by atoms with van der Waals surface area (Å²) >= 11 is 12.1. The van der Waals surface area contributed by atoms with Gasteiger partial charge in [0.05, 0.1) is 10.0 Å². The second-order valence-corrected chi connectivity index (χ2v) is 8.22. The molecule has 10 heteroatoms. The number of nitrogens with zero attached hydrogens (tertiary/aromatic N) is 5. The molecule has 164 valence electrons. The van der Waals surface area contributed by atoms with Crippen molar-refractivity contribution in [3.05, 3.63) is 74.5 Å². The summed E-state index contributed by atoms with van der Waals surface area (Å²) in [5.41, 5.74) is 4.28. The summed E-state index contributed by atoms with van der Waals surface area (Å²) in [6, 6.07) is 8.80. The van der Waals surface area contributed by atoms with Crippen LogP contribution in [0.1, 0.15) is 43.8 Å². The van der Waals surface area contributed by atoms with Gasteiger partial charge in [0.2, 0.25) is 5.78 Å². The summed E-state index contributed by atoms with van der Waals surface area (Å²) in [6.45, 7) is 6.90. The summed E-state index contributed by atoms with van der Waals surface area (Å²) < 4.78 is 8.53. The van der Waals surface area contributed by atoms with Crippen molar-refractivity contribution in [1.29, 1.82) is 0 Å². The van der Waals surface area contributed by atoms with Crippen molar-refractivity contribution < 1.29 is 14.3 Å². The highest BCUT2D eigenvalue weighted by Crippen LogP contribution is 2.28. The van der Waals surface area contributed by atoms with Gasteiger partial charge >= 0.3 is 5.97 Å². The Kier molecular flexibility index (Phi) is 5.75. The van der Waals surface area contributed by atoms with Crippen LogP contribution in [0.2, 0.25) is 10.0 Å². The molecule has 0 radical (unpaired) electrons. The highest BCUT2D eigenvalue weighted by Gasteiger charge is 2.21. The lowest BCUT2D eigenvalue weighted by Crippen LogP contribution is -2.16. The van der Waals surface area contributed by atoms with Gasteiger partial charge in [-0.05, 0) is 58.0 Å². The van der Waals surface area contributed by atoms with Crippen molar-refractivity contribution in [3.63, 3.8) is 0 Å². The van der Waals surface area contributed by atoms with Gasteiger partial charge in [-0.3, -0.25) is 4.79 Å². The molecule has 8 nitrogen and oxygen atoms in total. The predicted molar refractivity (Wildman–Crippen MR) is 120 cm³/mol. The number of esters is 1. The SMILES string of the molecule is Cc1cc(C)n2nc(C(=O)OCC(=O)c3cc(C)n(-c4ccc(Cl)c(Cl)c4)c3C)nc2n1. The molecule has 0 bridgehead atoms. The third-order valence-electron chi connectivity index (χ3n) is 5.03. The van der Waals surface area contributed by atoms with Crippen molar-refractivity contribution >= 4 is 40.7 Å². The van der Waals surface area contributed by atoms with Gasteiger partial charge < -0.3 is 9.30 Å². The van der Waals surface area contributed by atoms with E-state index in [0.717, 1.165) is 22.8 Å². The Hall–Kier alpha value is -3.23. The average molecular weight is 472 g/mol. The smallest absolute Gasteiger partial charge is 0.378 e. The molecule has 32 heavy (non-hydrogen) atoms. The number of ketones is 1.